The SMILES string of the molecule is CCCc1nc(C2(OCC)CCCCC2)nc(NC)c1Br. The molecule has 1 N–H and O–H groups in total. The van der Waals surface area contributed by atoms with Crippen molar-refractivity contribution in [1.82, 2.24) is 9.97 Å². The van der Waals surface area contributed by atoms with Gasteiger partial charge in [0.2, 0.25) is 0 Å². The molecule has 21 heavy (non-hydrogen) atoms. The molecule has 1 aliphatic rings. The van der Waals surface area contributed by atoms with Gasteiger partial charge in [0, 0.05) is 13.7 Å². The highest BCUT2D eigenvalue weighted by molar-refractivity contribution is 9.10. The first kappa shape index (κ1) is 16.7. The van der Waals surface area contributed by atoms with E-state index in [1.165, 1.54) is 19.3 Å². The Morgan fingerprint density at radius 3 is 2.48 bits per heavy atom. The minimum absolute atomic E-state index is 0.290. The molecule has 118 valence electrons. The van der Waals surface area contributed by atoms with E-state index in [1.54, 1.807) is 0 Å². The number of ether oxygens (including phenoxy) is 1. The van der Waals surface area contributed by atoms with Crippen LogP contribution in [0.2, 0.25) is 0 Å². The van der Waals surface area contributed by atoms with Crippen LogP contribution >= 0.6 is 15.9 Å². The maximum atomic E-state index is 6.16. The zero-order valence-corrected chi connectivity index (χ0v) is 14.9. The summed E-state index contributed by atoms with van der Waals surface area (Å²) in [5, 5.41) is 3.18. The lowest BCUT2D eigenvalue weighted by molar-refractivity contribution is -0.0767. The van der Waals surface area contributed by atoms with Crippen LogP contribution in [0.15, 0.2) is 4.47 Å². The maximum Gasteiger partial charge on any atom is 0.162 e. The van der Waals surface area contributed by atoms with Crippen LogP contribution < -0.4 is 5.32 Å². The molecule has 5 heteroatoms. The van der Waals surface area contributed by atoms with Gasteiger partial charge in [-0.2, -0.15) is 0 Å². The van der Waals surface area contributed by atoms with Gasteiger partial charge in [-0.05, 0) is 42.1 Å². The van der Waals surface area contributed by atoms with E-state index in [9.17, 15) is 0 Å². The smallest absolute Gasteiger partial charge is 0.162 e. The molecule has 0 unspecified atom stereocenters. The molecule has 1 heterocycles. The van der Waals surface area contributed by atoms with Crippen molar-refractivity contribution in [2.45, 2.75) is 64.4 Å². The van der Waals surface area contributed by atoms with Crippen LogP contribution in [0.4, 0.5) is 5.82 Å². The molecule has 1 fully saturated rings. The number of aryl methyl sites for hydroxylation is 1. The van der Waals surface area contributed by atoms with Gasteiger partial charge in [-0.15, -0.1) is 0 Å². The van der Waals surface area contributed by atoms with Crippen LogP contribution in [0.1, 0.15) is 63.9 Å². The number of halogens is 1. The van der Waals surface area contributed by atoms with Gasteiger partial charge in [-0.25, -0.2) is 9.97 Å². The van der Waals surface area contributed by atoms with Crippen molar-refractivity contribution < 1.29 is 4.74 Å². The van der Waals surface area contributed by atoms with Gasteiger partial charge in [-0.1, -0.05) is 32.6 Å². The minimum Gasteiger partial charge on any atom is -0.372 e. The highest BCUT2D eigenvalue weighted by Crippen LogP contribution is 2.40. The van der Waals surface area contributed by atoms with Crippen molar-refractivity contribution in [2.24, 2.45) is 0 Å². The predicted octanol–water partition coefficient (Wildman–Crippen LogP) is 4.43. The summed E-state index contributed by atoms with van der Waals surface area (Å²) in [6.45, 7) is 4.94. The first-order valence-electron chi connectivity index (χ1n) is 8.05. The molecule has 0 amide bonds. The van der Waals surface area contributed by atoms with E-state index in [1.807, 2.05) is 7.05 Å². The number of aromatic nitrogens is 2. The van der Waals surface area contributed by atoms with Crippen LogP contribution in [0.3, 0.4) is 0 Å². The molecule has 0 aliphatic heterocycles. The van der Waals surface area contributed by atoms with Crippen LogP contribution in [0.25, 0.3) is 0 Å². The lowest BCUT2D eigenvalue weighted by atomic mass is 9.83. The fourth-order valence-electron chi connectivity index (χ4n) is 3.10. The van der Waals surface area contributed by atoms with E-state index < -0.39 is 0 Å². The van der Waals surface area contributed by atoms with Crippen molar-refractivity contribution in [3.8, 4) is 0 Å². The molecule has 2 rings (SSSR count). The Balaban J connectivity index is 2.46. The normalized spacial score (nSPS) is 17.7. The van der Waals surface area contributed by atoms with Gasteiger partial charge in [0.05, 0.1) is 10.2 Å². The third-order valence-electron chi connectivity index (χ3n) is 4.13. The molecular weight excluding hydrogens is 330 g/mol. The first-order chi connectivity index (χ1) is 10.2. The number of nitrogens with zero attached hydrogens (tertiary/aromatic N) is 2. The topological polar surface area (TPSA) is 47.0 Å². The highest BCUT2D eigenvalue weighted by Gasteiger charge is 2.38. The fourth-order valence-corrected chi connectivity index (χ4v) is 3.67. The summed E-state index contributed by atoms with van der Waals surface area (Å²) >= 11 is 3.63. The zero-order valence-electron chi connectivity index (χ0n) is 13.3. The van der Waals surface area contributed by atoms with E-state index in [4.69, 9.17) is 14.7 Å². The Hall–Kier alpha value is -0.680. The first-order valence-corrected chi connectivity index (χ1v) is 8.84. The van der Waals surface area contributed by atoms with Crippen LogP contribution in [-0.2, 0) is 16.8 Å². The average molecular weight is 356 g/mol. The second-order valence-corrected chi connectivity index (χ2v) is 6.44. The molecule has 4 nitrogen and oxygen atoms in total. The van der Waals surface area contributed by atoms with Gasteiger partial charge in [0.15, 0.2) is 5.82 Å². The van der Waals surface area contributed by atoms with Crippen LogP contribution in [0, 0.1) is 0 Å². The summed E-state index contributed by atoms with van der Waals surface area (Å²) in [6, 6.07) is 0. The second-order valence-electron chi connectivity index (χ2n) is 5.64. The number of anilines is 1. The van der Waals surface area contributed by atoms with Gasteiger partial charge in [-0.3, -0.25) is 0 Å². The summed E-state index contributed by atoms with van der Waals surface area (Å²) < 4.78 is 7.15. The third-order valence-corrected chi connectivity index (χ3v) is 4.97. The van der Waals surface area contributed by atoms with E-state index in [0.29, 0.717) is 6.61 Å². The summed E-state index contributed by atoms with van der Waals surface area (Å²) in [4.78, 5) is 9.62. The molecule has 0 radical (unpaired) electrons. The van der Waals surface area contributed by atoms with E-state index >= 15 is 0 Å². The monoisotopic (exact) mass is 355 g/mol. The third kappa shape index (κ3) is 3.57. The summed E-state index contributed by atoms with van der Waals surface area (Å²) in [7, 11) is 1.90. The van der Waals surface area contributed by atoms with E-state index in [0.717, 1.165) is 47.5 Å². The number of hydrogen-bond donors (Lipinski definition) is 1. The summed E-state index contributed by atoms with van der Waals surface area (Å²) in [6.07, 6.45) is 7.74. The Morgan fingerprint density at radius 2 is 1.90 bits per heavy atom. The lowest BCUT2D eigenvalue weighted by Crippen LogP contribution is -2.35. The van der Waals surface area contributed by atoms with Crippen LogP contribution in [0.5, 0.6) is 0 Å². The number of rotatable bonds is 6. The standard InChI is InChI=1S/C16H26BrN3O/c1-4-9-12-13(17)14(18-3)20-15(19-12)16(21-5-2)10-7-6-8-11-16/h4-11H2,1-3H3,(H,18,19,20). The minimum atomic E-state index is -0.290. The van der Waals surface area contributed by atoms with E-state index in [-0.39, 0.29) is 5.60 Å². The summed E-state index contributed by atoms with van der Waals surface area (Å²) in [5.41, 5.74) is 0.790. The molecule has 1 aliphatic carbocycles. The Morgan fingerprint density at radius 1 is 1.19 bits per heavy atom. The van der Waals surface area contributed by atoms with E-state index in [2.05, 4.69) is 35.1 Å². The molecule has 0 bridgehead atoms. The second kappa shape index (κ2) is 7.54. The molecule has 1 saturated carbocycles. The Bertz CT molecular complexity index is 467. The van der Waals surface area contributed by atoms with Crippen molar-refractivity contribution >= 4 is 21.7 Å². The van der Waals surface area contributed by atoms with Gasteiger partial charge >= 0.3 is 0 Å². The fraction of sp³-hybridized carbons (Fsp3) is 0.750. The average Bonchev–Trinajstić information content (AvgIpc) is 2.50. The molecule has 0 atom stereocenters. The molecule has 0 saturated heterocycles. The van der Waals surface area contributed by atoms with Gasteiger partial charge < -0.3 is 10.1 Å². The molecule has 1 aromatic heterocycles. The molecule has 0 aromatic carbocycles. The van der Waals surface area contributed by atoms with Crippen molar-refractivity contribution in [3.63, 3.8) is 0 Å². The quantitative estimate of drug-likeness (QED) is 0.819. The lowest BCUT2D eigenvalue weighted by Gasteiger charge is -2.36. The Kier molecular flexibility index (Phi) is 5.99. The van der Waals surface area contributed by atoms with Gasteiger partial charge in [0.1, 0.15) is 11.4 Å². The molecular formula is C16H26BrN3O. The predicted molar refractivity (Wildman–Crippen MR) is 89.7 cm³/mol. The maximum absolute atomic E-state index is 6.16. The molecule has 0 spiro atoms. The Labute approximate surface area is 136 Å². The van der Waals surface area contributed by atoms with Crippen LogP contribution in [-0.4, -0.2) is 23.6 Å². The van der Waals surface area contributed by atoms with Crippen molar-refractivity contribution in [1.29, 1.82) is 0 Å². The van der Waals surface area contributed by atoms with Gasteiger partial charge in [0.25, 0.3) is 0 Å². The zero-order chi connectivity index (χ0) is 15.3. The number of nitrogens with one attached hydrogen (secondary N) is 1. The molecule has 1 aromatic rings. The van der Waals surface area contributed by atoms with Crippen molar-refractivity contribution in [3.05, 3.63) is 16.0 Å². The number of hydrogen-bond acceptors (Lipinski definition) is 4. The largest absolute Gasteiger partial charge is 0.372 e. The van der Waals surface area contributed by atoms with Crippen molar-refractivity contribution in [2.75, 3.05) is 19.0 Å². The highest BCUT2D eigenvalue weighted by atomic mass is 79.9. The summed E-state index contributed by atoms with van der Waals surface area (Å²) in [5.74, 6) is 1.73.